The molecule has 0 fully saturated rings. The van der Waals surface area contributed by atoms with Crippen LogP contribution in [0.3, 0.4) is 0 Å². The van der Waals surface area contributed by atoms with Crippen LogP contribution in [-0.4, -0.2) is 34.7 Å². The minimum absolute atomic E-state index is 0.485. The number of aromatic nitrogens is 3. The molecule has 0 radical (unpaired) electrons. The summed E-state index contributed by atoms with van der Waals surface area (Å²) in [6, 6.07) is 14.4. The predicted octanol–water partition coefficient (Wildman–Crippen LogP) is 5.57. The number of anilines is 2. The van der Waals surface area contributed by atoms with E-state index in [9.17, 15) is 5.26 Å². The first kappa shape index (κ1) is 24.1. The molecule has 35 heavy (non-hydrogen) atoms. The Labute approximate surface area is 205 Å². The molecule has 7 heteroatoms. The molecule has 0 saturated carbocycles. The number of aromatic amines is 1. The number of H-pyrrole nitrogens is 1. The molecule has 3 N–H and O–H groups in total. The molecule has 0 aliphatic heterocycles. The van der Waals surface area contributed by atoms with Crippen LogP contribution in [0, 0.1) is 18.3 Å². The maximum atomic E-state index is 9.71. The molecule has 0 saturated heterocycles. The monoisotopic (exact) mass is 466 g/mol. The molecule has 0 bridgehead atoms. The second-order valence-electron chi connectivity index (χ2n) is 8.18. The molecular formula is C28H30N6O. The molecule has 178 valence electrons. The number of hydrogen-bond donors (Lipinski definition) is 3. The number of benzene rings is 1. The van der Waals surface area contributed by atoms with Gasteiger partial charge < -0.3 is 20.4 Å². The average Bonchev–Trinajstić information content (AvgIpc) is 3.37. The van der Waals surface area contributed by atoms with Gasteiger partial charge >= 0.3 is 0 Å². The van der Waals surface area contributed by atoms with E-state index in [1.54, 1.807) is 12.4 Å². The number of nitrogens with zero attached hydrogens (tertiary/aromatic N) is 3. The fourth-order valence-corrected chi connectivity index (χ4v) is 3.91. The van der Waals surface area contributed by atoms with Crippen molar-refractivity contribution in [1.29, 1.82) is 5.26 Å². The molecule has 3 aromatic heterocycles. The van der Waals surface area contributed by atoms with Crippen molar-refractivity contribution in [1.82, 2.24) is 20.3 Å². The van der Waals surface area contributed by atoms with Gasteiger partial charge in [-0.3, -0.25) is 9.97 Å². The van der Waals surface area contributed by atoms with Crippen LogP contribution in [0.1, 0.15) is 41.4 Å². The molecule has 0 aliphatic rings. The van der Waals surface area contributed by atoms with Gasteiger partial charge in [-0.25, -0.2) is 0 Å². The highest BCUT2D eigenvalue weighted by atomic mass is 16.5. The van der Waals surface area contributed by atoms with Crippen molar-refractivity contribution in [3.05, 3.63) is 83.1 Å². The van der Waals surface area contributed by atoms with E-state index in [4.69, 9.17) is 9.72 Å². The lowest BCUT2D eigenvalue weighted by Gasteiger charge is -2.14. The standard InChI is InChI=1S/C28H30N6O/c1-3-35-15-5-13-30-19-24-7-4-6-23(33-24)9-8-21-17-31-18-22(16-29)28(21)34-26-10-11-27-25(20(26)2)12-14-32-27/h4,6-12,14,17-18,30,32H,3,5,13,15,19H2,1-2H3,(H,31,34). The third-order valence-corrected chi connectivity index (χ3v) is 5.77. The Morgan fingerprint density at radius 2 is 2.06 bits per heavy atom. The summed E-state index contributed by atoms with van der Waals surface area (Å²) in [4.78, 5) is 12.2. The maximum Gasteiger partial charge on any atom is 0.103 e. The third-order valence-electron chi connectivity index (χ3n) is 5.77. The van der Waals surface area contributed by atoms with Crippen LogP contribution in [0.15, 0.2) is 55.0 Å². The zero-order valence-corrected chi connectivity index (χ0v) is 20.1. The first-order valence-corrected chi connectivity index (χ1v) is 11.8. The Bertz CT molecular complexity index is 1350. The molecule has 0 unspecified atom stereocenters. The Hall–Kier alpha value is -3.99. The number of fused-ring (bicyclic) bond motifs is 1. The minimum Gasteiger partial charge on any atom is -0.382 e. The van der Waals surface area contributed by atoms with Gasteiger partial charge in [0.05, 0.1) is 22.6 Å². The van der Waals surface area contributed by atoms with Crippen molar-refractivity contribution in [3.63, 3.8) is 0 Å². The SMILES string of the molecule is CCOCCCNCc1cccc(C=Cc2cncc(C#N)c2Nc2ccc3[nH]ccc3c2C)n1. The number of aryl methyl sites for hydroxylation is 1. The highest BCUT2D eigenvalue weighted by Gasteiger charge is 2.11. The molecule has 0 spiro atoms. The Morgan fingerprint density at radius 1 is 1.14 bits per heavy atom. The molecule has 0 atom stereocenters. The summed E-state index contributed by atoms with van der Waals surface area (Å²) in [5, 5.41) is 17.7. The van der Waals surface area contributed by atoms with E-state index in [-0.39, 0.29) is 0 Å². The van der Waals surface area contributed by atoms with Crippen LogP contribution in [0.4, 0.5) is 11.4 Å². The molecule has 0 aliphatic carbocycles. The maximum absolute atomic E-state index is 9.71. The van der Waals surface area contributed by atoms with E-state index in [1.165, 1.54) is 0 Å². The molecule has 4 rings (SSSR count). The van der Waals surface area contributed by atoms with Gasteiger partial charge in [0.1, 0.15) is 6.07 Å². The number of rotatable bonds is 11. The number of nitriles is 1. The number of nitrogens with one attached hydrogen (secondary N) is 3. The van der Waals surface area contributed by atoms with Crippen LogP contribution < -0.4 is 10.6 Å². The lowest BCUT2D eigenvalue weighted by molar-refractivity contribution is 0.144. The Kier molecular flexibility index (Phi) is 8.23. The summed E-state index contributed by atoms with van der Waals surface area (Å²) in [6.07, 6.45) is 10.1. The van der Waals surface area contributed by atoms with Crippen LogP contribution in [0.5, 0.6) is 0 Å². The van der Waals surface area contributed by atoms with E-state index in [0.29, 0.717) is 12.1 Å². The van der Waals surface area contributed by atoms with Gasteiger partial charge in [0.2, 0.25) is 0 Å². The van der Waals surface area contributed by atoms with Crippen LogP contribution in [0.2, 0.25) is 0 Å². The fraction of sp³-hybridized carbons (Fsp3) is 0.250. The fourth-order valence-electron chi connectivity index (χ4n) is 3.91. The highest BCUT2D eigenvalue weighted by Crippen LogP contribution is 2.31. The van der Waals surface area contributed by atoms with Crippen LogP contribution in [0.25, 0.3) is 23.1 Å². The van der Waals surface area contributed by atoms with E-state index in [0.717, 1.165) is 71.0 Å². The molecule has 0 amide bonds. The molecule has 4 aromatic rings. The van der Waals surface area contributed by atoms with Gasteiger partial charge in [-0.2, -0.15) is 5.26 Å². The van der Waals surface area contributed by atoms with Gasteiger partial charge in [0.15, 0.2) is 0 Å². The average molecular weight is 467 g/mol. The summed E-state index contributed by atoms with van der Waals surface area (Å²) in [7, 11) is 0. The number of pyridine rings is 2. The lowest BCUT2D eigenvalue weighted by Crippen LogP contribution is -2.17. The minimum atomic E-state index is 0.485. The Balaban J connectivity index is 1.51. The van der Waals surface area contributed by atoms with E-state index in [1.807, 2.05) is 55.6 Å². The van der Waals surface area contributed by atoms with Crippen molar-refractivity contribution < 1.29 is 4.74 Å². The van der Waals surface area contributed by atoms with Crippen molar-refractivity contribution in [2.75, 3.05) is 25.1 Å². The van der Waals surface area contributed by atoms with Gasteiger partial charge in [-0.15, -0.1) is 0 Å². The molecule has 1 aromatic carbocycles. The molecular weight excluding hydrogens is 436 g/mol. The largest absolute Gasteiger partial charge is 0.382 e. The second-order valence-corrected chi connectivity index (χ2v) is 8.18. The lowest BCUT2D eigenvalue weighted by atomic mass is 10.1. The summed E-state index contributed by atoms with van der Waals surface area (Å²) in [5.41, 5.74) is 6.99. The van der Waals surface area contributed by atoms with Gasteiger partial charge in [-0.1, -0.05) is 6.07 Å². The topological polar surface area (TPSA) is 98.6 Å². The quantitative estimate of drug-likeness (QED) is 0.250. The van der Waals surface area contributed by atoms with Gasteiger partial charge in [0, 0.05) is 60.5 Å². The zero-order chi connectivity index (χ0) is 24.5. The third kappa shape index (κ3) is 6.12. The zero-order valence-electron chi connectivity index (χ0n) is 20.1. The van der Waals surface area contributed by atoms with Crippen LogP contribution in [-0.2, 0) is 11.3 Å². The van der Waals surface area contributed by atoms with E-state index >= 15 is 0 Å². The van der Waals surface area contributed by atoms with Crippen molar-refractivity contribution in [2.24, 2.45) is 0 Å². The first-order chi connectivity index (χ1) is 17.2. The van der Waals surface area contributed by atoms with E-state index in [2.05, 4.69) is 39.7 Å². The predicted molar refractivity (Wildman–Crippen MR) is 141 cm³/mol. The summed E-state index contributed by atoms with van der Waals surface area (Å²) in [6.45, 7) is 7.18. The number of hydrogen-bond acceptors (Lipinski definition) is 6. The van der Waals surface area contributed by atoms with Crippen LogP contribution >= 0.6 is 0 Å². The normalized spacial score (nSPS) is 11.2. The summed E-state index contributed by atoms with van der Waals surface area (Å²) >= 11 is 0. The van der Waals surface area contributed by atoms with Crippen molar-refractivity contribution >= 4 is 34.4 Å². The second kappa shape index (κ2) is 11.9. The molecule has 3 heterocycles. The van der Waals surface area contributed by atoms with Crippen molar-refractivity contribution in [3.8, 4) is 6.07 Å². The van der Waals surface area contributed by atoms with Gasteiger partial charge in [-0.05, 0) is 74.9 Å². The van der Waals surface area contributed by atoms with Crippen molar-refractivity contribution in [2.45, 2.75) is 26.8 Å². The first-order valence-electron chi connectivity index (χ1n) is 11.8. The Morgan fingerprint density at radius 3 is 2.91 bits per heavy atom. The van der Waals surface area contributed by atoms with Gasteiger partial charge in [0.25, 0.3) is 0 Å². The summed E-state index contributed by atoms with van der Waals surface area (Å²) in [5.74, 6) is 0. The highest BCUT2D eigenvalue weighted by molar-refractivity contribution is 5.90. The summed E-state index contributed by atoms with van der Waals surface area (Å²) < 4.78 is 5.37. The molecule has 7 nitrogen and oxygen atoms in total. The van der Waals surface area contributed by atoms with E-state index < -0.39 is 0 Å². The smallest absolute Gasteiger partial charge is 0.103 e. The number of ether oxygens (including phenoxy) is 1.